The molecule has 0 spiro atoms. The van der Waals surface area contributed by atoms with Crippen molar-refractivity contribution in [3.8, 4) is 0 Å². The monoisotopic (exact) mass is 226 g/mol. The average molecular weight is 226 g/mol. The van der Waals surface area contributed by atoms with Crippen LogP contribution in [0.5, 0.6) is 0 Å². The summed E-state index contributed by atoms with van der Waals surface area (Å²) >= 11 is 1.75. The molecule has 0 bridgehead atoms. The maximum Gasteiger partial charge on any atom is 0.0940 e. The van der Waals surface area contributed by atoms with Gasteiger partial charge in [0.15, 0.2) is 0 Å². The molecule has 0 amide bonds. The largest absolute Gasteiger partial charge is 0.380 e. The van der Waals surface area contributed by atoms with Crippen molar-refractivity contribution in [2.75, 3.05) is 19.8 Å². The average Bonchev–Trinajstić information content (AvgIpc) is 2.66. The first kappa shape index (κ1) is 11.0. The second-order valence-electron chi connectivity index (χ2n) is 4.00. The van der Waals surface area contributed by atoms with Crippen molar-refractivity contribution in [3.63, 3.8) is 0 Å². The Morgan fingerprint density at radius 2 is 2.60 bits per heavy atom. The van der Waals surface area contributed by atoms with E-state index in [1.807, 2.05) is 6.92 Å². The summed E-state index contributed by atoms with van der Waals surface area (Å²) in [6, 6.07) is 0.555. The van der Waals surface area contributed by atoms with Gasteiger partial charge in [0.1, 0.15) is 0 Å². The summed E-state index contributed by atoms with van der Waals surface area (Å²) in [5.74, 6) is 0. The van der Waals surface area contributed by atoms with E-state index in [0.29, 0.717) is 6.04 Å². The zero-order valence-corrected chi connectivity index (χ0v) is 9.98. The van der Waals surface area contributed by atoms with Gasteiger partial charge in [0.2, 0.25) is 0 Å². The molecule has 2 heterocycles. The first-order valence-corrected chi connectivity index (χ1v) is 6.44. The molecule has 0 aliphatic carbocycles. The summed E-state index contributed by atoms with van der Waals surface area (Å²) in [5, 5.41) is 6.86. The maximum atomic E-state index is 5.41. The highest BCUT2D eigenvalue weighted by molar-refractivity contribution is 7.09. The third kappa shape index (κ3) is 3.55. The van der Waals surface area contributed by atoms with Crippen molar-refractivity contribution in [2.45, 2.75) is 32.2 Å². The number of ether oxygens (including phenoxy) is 1. The van der Waals surface area contributed by atoms with E-state index in [-0.39, 0.29) is 0 Å². The van der Waals surface area contributed by atoms with E-state index in [2.05, 4.69) is 15.7 Å². The molecular weight excluding hydrogens is 208 g/mol. The van der Waals surface area contributed by atoms with Crippen LogP contribution in [0.1, 0.15) is 23.5 Å². The quantitative estimate of drug-likeness (QED) is 0.849. The molecule has 2 rings (SSSR count). The zero-order chi connectivity index (χ0) is 10.5. The van der Waals surface area contributed by atoms with E-state index >= 15 is 0 Å². The second kappa shape index (κ2) is 5.58. The number of aromatic nitrogens is 1. The van der Waals surface area contributed by atoms with Crippen LogP contribution in [0.25, 0.3) is 0 Å². The Balaban J connectivity index is 1.65. The molecule has 3 nitrogen and oxygen atoms in total. The normalized spacial score (nSPS) is 21.8. The smallest absolute Gasteiger partial charge is 0.0940 e. The highest BCUT2D eigenvalue weighted by atomic mass is 32.1. The molecule has 15 heavy (non-hydrogen) atoms. The Bertz CT molecular complexity index is 295. The predicted octanol–water partition coefficient (Wildman–Crippen LogP) is 1.76. The van der Waals surface area contributed by atoms with Gasteiger partial charge in [0, 0.05) is 36.7 Å². The van der Waals surface area contributed by atoms with Crippen molar-refractivity contribution in [3.05, 3.63) is 16.1 Å². The van der Waals surface area contributed by atoms with Crippen LogP contribution in [0.2, 0.25) is 0 Å². The van der Waals surface area contributed by atoms with Gasteiger partial charge in [-0.3, -0.25) is 0 Å². The molecule has 1 fully saturated rings. The minimum Gasteiger partial charge on any atom is -0.380 e. The number of aryl methyl sites for hydroxylation is 1. The highest BCUT2D eigenvalue weighted by Gasteiger charge is 2.12. The molecule has 84 valence electrons. The van der Waals surface area contributed by atoms with Gasteiger partial charge in [-0.05, 0) is 19.8 Å². The van der Waals surface area contributed by atoms with Crippen molar-refractivity contribution >= 4 is 11.3 Å². The van der Waals surface area contributed by atoms with Crippen LogP contribution in [0, 0.1) is 6.92 Å². The molecule has 0 saturated carbocycles. The fraction of sp³-hybridized carbons (Fsp3) is 0.727. The van der Waals surface area contributed by atoms with Crippen molar-refractivity contribution in [1.29, 1.82) is 0 Å². The minimum absolute atomic E-state index is 0.555. The molecule has 1 unspecified atom stereocenters. The van der Waals surface area contributed by atoms with Crippen LogP contribution < -0.4 is 5.32 Å². The fourth-order valence-electron chi connectivity index (χ4n) is 1.80. The van der Waals surface area contributed by atoms with E-state index in [1.165, 1.54) is 17.8 Å². The summed E-state index contributed by atoms with van der Waals surface area (Å²) in [5.41, 5.74) is 1.14. The summed E-state index contributed by atoms with van der Waals surface area (Å²) in [7, 11) is 0. The van der Waals surface area contributed by atoms with E-state index in [1.54, 1.807) is 11.3 Å². The lowest BCUT2D eigenvalue weighted by Gasteiger charge is -2.22. The zero-order valence-electron chi connectivity index (χ0n) is 9.16. The molecule has 1 aromatic heterocycles. The van der Waals surface area contributed by atoms with E-state index < -0.39 is 0 Å². The van der Waals surface area contributed by atoms with Gasteiger partial charge in [-0.2, -0.15) is 0 Å². The number of hydrogen-bond acceptors (Lipinski definition) is 4. The molecule has 1 atom stereocenters. The van der Waals surface area contributed by atoms with Gasteiger partial charge in [0.05, 0.1) is 11.6 Å². The van der Waals surface area contributed by atoms with Gasteiger partial charge >= 0.3 is 0 Å². The molecule has 1 saturated heterocycles. The van der Waals surface area contributed by atoms with E-state index in [9.17, 15) is 0 Å². The molecule has 1 aliphatic rings. The lowest BCUT2D eigenvalue weighted by Crippen LogP contribution is -2.37. The topological polar surface area (TPSA) is 34.1 Å². The number of hydrogen-bond donors (Lipinski definition) is 1. The molecule has 0 aromatic carbocycles. The third-order valence-electron chi connectivity index (χ3n) is 2.60. The van der Waals surface area contributed by atoms with Gasteiger partial charge < -0.3 is 10.1 Å². The van der Waals surface area contributed by atoms with Gasteiger partial charge in [-0.1, -0.05) is 0 Å². The van der Waals surface area contributed by atoms with Gasteiger partial charge in [0.25, 0.3) is 0 Å². The molecule has 1 N–H and O–H groups in total. The Morgan fingerprint density at radius 1 is 1.67 bits per heavy atom. The molecule has 0 radical (unpaired) electrons. The van der Waals surface area contributed by atoms with E-state index in [4.69, 9.17) is 4.74 Å². The van der Waals surface area contributed by atoms with Gasteiger partial charge in [-0.25, -0.2) is 4.98 Å². The SMILES string of the molecule is Cc1csc(CCNC2CCCOC2)n1. The lowest BCUT2D eigenvalue weighted by molar-refractivity contribution is 0.0707. The Kier molecular flexibility index (Phi) is 4.11. The standard InChI is InChI=1S/C11H18N2OS/c1-9-8-15-11(13-9)4-5-12-10-3-2-6-14-7-10/h8,10,12H,2-7H2,1H3. The van der Waals surface area contributed by atoms with Crippen LogP contribution in [-0.4, -0.2) is 30.8 Å². The maximum absolute atomic E-state index is 5.41. The summed E-state index contributed by atoms with van der Waals surface area (Å²) in [6.45, 7) is 4.87. The fourth-order valence-corrected chi connectivity index (χ4v) is 2.58. The lowest BCUT2D eigenvalue weighted by atomic mass is 10.1. The van der Waals surface area contributed by atoms with Gasteiger partial charge in [-0.15, -0.1) is 11.3 Å². The number of nitrogens with zero attached hydrogens (tertiary/aromatic N) is 1. The van der Waals surface area contributed by atoms with Crippen molar-refractivity contribution in [1.82, 2.24) is 10.3 Å². The molecule has 4 heteroatoms. The predicted molar refractivity (Wildman–Crippen MR) is 62.4 cm³/mol. The van der Waals surface area contributed by atoms with Crippen molar-refractivity contribution < 1.29 is 4.74 Å². The van der Waals surface area contributed by atoms with Crippen LogP contribution in [-0.2, 0) is 11.2 Å². The number of rotatable bonds is 4. The first-order valence-electron chi connectivity index (χ1n) is 5.57. The third-order valence-corrected chi connectivity index (χ3v) is 3.63. The van der Waals surface area contributed by atoms with Crippen molar-refractivity contribution in [2.24, 2.45) is 0 Å². The van der Waals surface area contributed by atoms with E-state index in [0.717, 1.165) is 31.9 Å². The van der Waals surface area contributed by atoms with Crippen LogP contribution in [0.3, 0.4) is 0 Å². The van der Waals surface area contributed by atoms with Crippen LogP contribution in [0.15, 0.2) is 5.38 Å². The minimum atomic E-state index is 0.555. The highest BCUT2D eigenvalue weighted by Crippen LogP contribution is 2.09. The first-order chi connectivity index (χ1) is 7.34. The summed E-state index contributed by atoms with van der Waals surface area (Å²) in [4.78, 5) is 4.44. The molecular formula is C11H18N2OS. The molecule has 1 aliphatic heterocycles. The number of thiazole rings is 1. The van der Waals surface area contributed by atoms with Crippen LogP contribution in [0.4, 0.5) is 0 Å². The molecule has 1 aromatic rings. The summed E-state index contributed by atoms with van der Waals surface area (Å²) in [6.07, 6.45) is 3.47. The Labute approximate surface area is 94.9 Å². The summed E-state index contributed by atoms with van der Waals surface area (Å²) < 4.78 is 5.41. The second-order valence-corrected chi connectivity index (χ2v) is 4.94. The Morgan fingerprint density at radius 3 is 3.27 bits per heavy atom. The Hall–Kier alpha value is -0.450. The number of nitrogens with one attached hydrogen (secondary N) is 1. The van der Waals surface area contributed by atoms with Crippen LogP contribution >= 0.6 is 11.3 Å².